The molecule has 2 N–H and O–H groups in total. The van der Waals surface area contributed by atoms with Crippen molar-refractivity contribution in [1.82, 2.24) is 20.6 Å². The maximum Gasteiger partial charge on any atom is 0.251 e. The third kappa shape index (κ3) is 4.35. The maximum atomic E-state index is 12.5. The van der Waals surface area contributed by atoms with Crippen LogP contribution in [0.5, 0.6) is 0 Å². The standard InChI is InChI=1S/C22H23N5O/c28-22(26-15-19-8-4-5-10-23-19)18-9-11-25-21(14-18)27-13-12-24-20(16-27)17-6-2-1-3-7-17/h1-11,14,20,24H,12-13,15-16H2,(H,26,28)/t20-/m1/s1. The van der Waals surface area contributed by atoms with Crippen LogP contribution < -0.4 is 15.5 Å². The van der Waals surface area contributed by atoms with Gasteiger partial charge in [0.15, 0.2) is 0 Å². The molecule has 1 amide bonds. The van der Waals surface area contributed by atoms with E-state index in [9.17, 15) is 4.79 Å². The highest BCUT2D eigenvalue weighted by Crippen LogP contribution is 2.21. The molecule has 4 rings (SSSR count). The number of rotatable bonds is 5. The summed E-state index contributed by atoms with van der Waals surface area (Å²) in [5, 5.41) is 6.48. The molecule has 142 valence electrons. The zero-order valence-corrected chi connectivity index (χ0v) is 15.6. The van der Waals surface area contributed by atoms with Crippen molar-refractivity contribution >= 4 is 11.7 Å². The number of nitrogens with one attached hydrogen (secondary N) is 2. The highest BCUT2D eigenvalue weighted by atomic mass is 16.1. The first-order valence-electron chi connectivity index (χ1n) is 9.47. The fraction of sp³-hybridized carbons (Fsp3) is 0.227. The van der Waals surface area contributed by atoms with E-state index >= 15 is 0 Å². The van der Waals surface area contributed by atoms with Gasteiger partial charge in [-0.25, -0.2) is 4.98 Å². The van der Waals surface area contributed by atoms with Crippen molar-refractivity contribution in [2.24, 2.45) is 0 Å². The number of hydrogen-bond donors (Lipinski definition) is 2. The van der Waals surface area contributed by atoms with Crippen LogP contribution in [0.15, 0.2) is 73.1 Å². The van der Waals surface area contributed by atoms with E-state index < -0.39 is 0 Å². The molecule has 1 fully saturated rings. The van der Waals surface area contributed by atoms with E-state index in [0.29, 0.717) is 12.1 Å². The van der Waals surface area contributed by atoms with Gasteiger partial charge in [0.25, 0.3) is 5.91 Å². The molecular weight excluding hydrogens is 350 g/mol. The van der Waals surface area contributed by atoms with Gasteiger partial charge in [-0.2, -0.15) is 0 Å². The summed E-state index contributed by atoms with van der Waals surface area (Å²) in [5.74, 6) is 0.706. The molecule has 1 aromatic carbocycles. The Balaban J connectivity index is 1.43. The topological polar surface area (TPSA) is 70.2 Å². The summed E-state index contributed by atoms with van der Waals surface area (Å²) in [7, 11) is 0. The van der Waals surface area contributed by atoms with Gasteiger partial charge in [0.05, 0.1) is 12.2 Å². The van der Waals surface area contributed by atoms with Crippen LogP contribution in [0.2, 0.25) is 0 Å². The first-order valence-corrected chi connectivity index (χ1v) is 9.47. The minimum Gasteiger partial charge on any atom is -0.353 e. The Morgan fingerprint density at radius 2 is 1.93 bits per heavy atom. The Morgan fingerprint density at radius 3 is 2.75 bits per heavy atom. The fourth-order valence-corrected chi connectivity index (χ4v) is 3.37. The normalized spacial score (nSPS) is 16.6. The lowest BCUT2D eigenvalue weighted by Crippen LogP contribution is -2.46. The molecule has 0 aliphatic carbocycles. The molecule has 1 saturated heterocycles. The van der Waals surface area contributed by atoms with E-state index in [4.69, 9.17) is 0 Å². The largest absolute Gasteiger partial charge is 0.353 e. The van der Waals surface area contributed by atoms with Crippen molar-refractivity contribution < 1.29 is 4.79 Å². The second kappa shape index (κ2) is 8.63. The van der Waals surface area contributed by atoms with E-state index in [-0.39, 0.29) is 11.9 Å². The van der Waals surface area contributed by atoms with E-state index in [1.54, 1.807) is 18.5 Å². The third-order valence-corrected chi connectivity index (χ3v) is 4.87. The quantitative estimate of drug-likeness (QED) is 0.719. The van der Waals surface area contributed by atoms with Crippen LogP contribution in [0.25, 0.3) is 0 Å². The number of carbonyl (C=O) groups excluding carboxylic acids is 1. The number of piperazine rings is 1. The summed E-state index contributed by atoms with van der Waals surface area (Å²) in [6.07, 6.45) is 3.42. The first kappa shape index (κ1) is 18.1. The van der Waals surface area contributed by atoms with Crippen molar-refractivity contribution in [2.45, 2.75) is 12.6 Å². The van der Waals surface area contributed by atoms with Crippen LogP contribution in [0, 0.1) is 0 Å². The summed E-state index contributed by atoms with van der Waals surface area (Å²) in [5.41, 5.74) is 2.70. The fourth-order valence-electron chi connectivity index (χ4n) is 3.37. The number of benzene rings is 1. The number of anilines is 1. The average molecular weight is 373 g/mol. The van der Waals surface area contributed by atoms with Crippen LogP contribution in [0.4, 0.5) is 5.82 Å². The van der Waals surface area contributed by atoms with Gasteiger partial charge in [0.1, 0.15) is 5.82 Å². The average Bonchev–Trinajstić information content (AvgIpc) is 2.79. The Morgan fingerprint density at radius 1 is 1.07 bits per heavy atom. The molecule has 6 heteroatoms. The lowest BCUT2D eigenvalue weighted by Gasteiger charge is -2.34. The van der Waals surface area contributed by atoms with Crippen LogP contribution >= 0.6 is 0 Å². The van der Waals surface area contributed by atoms with Crippen molar-refractivity contribution in [3.8, 4) is 0 Å². The van der Waals surface area contributed by atoms with Crippen molar-refractivity contribution in [1.29, 1.82) is 0 Å². The second-order valence-electron chi connectivity index (χ2n) is 6.77. The van der Waals surface area contributed by atoms with Gasteiger partial charge in [-0.1, -0.05) is 36.4 Å². The molecular formula is C22H23N5O. The maximum absolute atomic E-state index is 12.5. The number of carbonyl (C=O) groups is 1. The summed E-state index contributed by atoms with van der Waals surface area (Å²) in [4.78, 5) is 23.5. The SMILES string of the molecule is O=C(NCc1ccccn1)c1ccnc(N2CCN[C@@H](c3ccccc3)C2)c1. The van der Waals surface area contributed by atoms with Crippen molar-refractivity contribution in [2.75, 3.05) is 24.5 Å². The van der Waals surface area contributed by atoms with E-state index in [2.05, 4.69) is 49.8 Å². The zero-order valence-electron chi connectivity index (χ0n) is 15.6. The van der Waals surface area contributed by atoms with Gasteiger partial charge < -0.3 is 15.5 Å². The summed E-state index contributed by atoms with van der Waals surface area (Å²) in [6.45, 7) is 2.95. The van der Waals surface area contributed by atoms with Crippen molar-refractivity contribution in [3.05, 3.63) is 89.9 Å². The van der Waals surface area contributed by atoms with Crippen LogP contribution in [0.1, 0.15) is 27.7 Å². The van der Waals surface area contributed by atoms with Gasteiger partial charge in [0, 0.05) is 43.6 Å². The second-order valence-corrected chi connectivity index (χ2v) is 6.77. The van der Waals surface area contributed by atoms with Gasteiger partial charge >= 0.3 is 0 Å². The smallest absolute Gasteiger partial charge is 0.251 e. The number of amides is 1. The molecule has 0 unspecified atom stereocenters. The summed E-state index contributed by atoms with van der Waals surface area (Å²) in [6, 6.07) is 19.9. The van der Waals surface area contributed by atoms with Crippen LogP contribution in [-0.2, 0) is 6.54 Å². The molecule has 1 aliphatic heterocycles. The molecule has 0 spiro atoms. The van der Waals surface area contributed by atoms with Gasteiger partial charge in [-0.05, 0) is 29.8 Å². The lowest BCUT2D eigenvalue weighted by atomic mass is 10.0. The van der Waals surface area contributed by atoms with E-state index in [0.717, 1.165) is 31.1 Å². The highest BCUT2D eigenvalue weighted by molar-refractivity contribution is 5.94. The molecule has 3 aromatic rings. The minimum atomic E-state index is -0.121. The third-order valence-electron chi connectivity index (χ3n) is 4.87. The van der Waals surface area contributed by atoms with E-state index in [1.165, 1.54) is 5.56 Å². The van der Waals surface area contributed by atoms with Crippen LogP contribution in [0.3, 0.4) is 0 Å². The monoisotopic (exact) mass is 373 g/mol. The van der Waals surface area contributed by atoms with E-state index in [1.807, 2.05) is 30.3 Å². The molecule has 0 saturated carbocycles. The molecule has 3 heterocycles. The van der Waals surface area contributed by atoms with Gasteiger partial charge in [-0.15, -0.1) is 0 Å². The number of hydrogen-bond acceptors (Lipinski definition) is 5. The Bertz CT molecular complexity index is 916. The summed E-state index contributed by atoms with van der Waals surface area (Å²) >= 11 is 0. The molecule has 28 heavy (non-hydrogen) atoms. The molecule has 0 radical (unpaired) electrons. The summed E-state index contributed by atoms with van der Waals surface area (Å²) < 4.78 is 0. The van der Waals surface area contributed by atoms with Gasteiger partial charge in [-0.3, -0.25) is 9.78 Å². The zero-order chi connectivity index (χ0) is 19.2. The first-order chi connectivity index (χ1) is 13.8. The molecule has 6 nitrogen and oxygen atoms in total. The van der Waals surface area contributed by atoms with Crippen molar-refractivity contribution in [3.63, 3.8) is 0 Å². The molecule has 0 bridgehead atoms. The molecule has 1 atom stereocenters. The Kier molecular flexibility index (Phi) is 5.58. The van der Waals surface area contributed by atoms with Crippen LogP contribution in [-0.4, -0.2) is 35.5 Å². The predicted octanol–water partition coefficient (Wildman–Crippen LogP) is 2.56. The number of nitrogens with zero attached hydrogens (tertiary/aromatic N) is 3. The predicted molar refractivity (Wildman–Crippen MR) is 109 cm³/mol. The highest BCUT2D eigenvalue weighted by Gasteiger charge is 2.22. The Labute approximate surface area is 164 Å². The lowest BCUT2D eigenvalue weighted by molar-refractivity contribution is 0.0950. The molecule has 2 aromatic heterocycles. The Hall–Kier alpha value is -3.25. The van der Waals surface area contributed by atoms with Gasteiger partial charge in [0.2, 0.25) is 0 Å². The minimum absolute atomic E-state index is 0.121. The number of aromatic nitrogens is 2. The molecule has 1 aliphatic rings. The number of pyridine rings is 2.